The van der Waals surface area contributed by atoms with E-state index in [1.54, 1.807) is 12.1 Å². The normalized spacial score (nSPS) is 15.4. The lowest BCUT2D eigenvalue weighted by atomic mass is 9.98. The molecule has 1 aliphatic rings. The third kappa shape index (κ3) is 3.27. The Morgan fingerprint density at radius 2 is 1.97 bits per heavy atom. The Labute approximate surface area is 188 Å². The molecular formula is C24H21N3O4S. The number of carbonyl (C=O) groups is 1. The second kappa shape index (κ2) is 7.87. The van der Waals surface area contributed by atoms with Crippen LogP contribution in [0.15, 0.2) is 51.7 Å². The maximum Gasteiger partial charge on any atom is 0.297 e. The van der Waals surface area contributed by atoms with Gasteiger partial charge in [0.1, 0.15) is 16.3 Å². The van der Waals surface area contributed by atoms with Crippen molar-refractivity contribution >= 4 is 33.3 Å². The SMILES string of the molecule is CCCOc1cccc(C2c3c(oc4ccc(C)cc4c3=O)C(=O)N2c2nnc(C)s2)c1. The van der Waals surface area contributed by atoms with Crippen molar-refractivity contribution in [2.75, 3.05) is 11.5 Å². The number of anilines is 1. The van der Waals surface area contributed by atoms with E-state index in [1.807, 2.05) is 51.1 Å². The largest absolute Gasteiger partial charge is 0.494 e. The molecule has 0 bridgehead atoms. The molecule has 1 aliphatic heterocycles. The minimum Gasteiger partial charge on any atom is -0.494 e. The van der Waals surface area contributed by atoms with Gasteiger partial charge in [0.25, 0.3) is 5.91 Å². The van der Waals surface area contributed by atoms with Gasteiger partial charge in [-0.15, -0.1) is 10.2 Å². The zero-order valence-corrected chi connectivity index (χ0v) is 18.7. The Bertz CT molecular complexity index is 1410. The van der Waals surface area contributed by atoms with Gasteiger partial charge in [-0.1, -0.05) is 42.0 Å². The van der Waals surface area contributed by atoms with E-state index < -0.39 is 11.9 Å². The van der Waals surface area contributed by atoms with E-state index in [2.05, 4.69) is 10.2 Å². The summed E-state index contributed by atoms with van der Waals surface area (Å²) in [5.41, 5.74) is 2.18. The maximum absolute atomic E-state index is 13.6. The first-order chi connectivity index (χ1) is 15.5. The number of fused-ring (bicyclic) bond motifs is 2. The van der Waals surface area contributed by atoms with Crippen molar-refractivity contribution in [1.82, 2.24) is 10.2 Å². The van der Waals surface area contributed by atoms with E-state index in [1.165, 1.54) is 16.2 Å². The van der Waals surface area contributed by atoms with Crippen LogP contribution in [-0.2, 0) is 0 Å². The topological polar surface area (TPSA) is 85.5 Å². The van der Waals surface area contributed by atoms with Crippen molar-refractivity contribution < 1.29 is 13.9 Å². The molecule has 1 atom stereocenters. The molecule has 162 valence electrons. The number of rotatable bonds is 5. The van der Waals surface area contributed by atoms with Gasteiger partial charge < -0.3 is 9.15 Å². The highest BCUT2D eigenvalue weighted by molar-refractivity contribution is 7.15. The Kier molecular flexibility index (Phi) is 5.01. The van der Waals surface area contributed by atoms with Crippen molar-refractivity contribution in [3.05, 3.63) is 80.1 Å². The van der Waals surface area contributed by atoms with Crippen LogP contribution in [0.4, 0.5) is 5.13 Å². The molecule has 2 aromatic heterocycles. The predicted molar refractivity (Wildman–Crippen MR) is 123 cm³/mol. The minimum absolute atomic E-state index is 0.0454. The summed E-state index contributed by atoms with van der Waals surface area (Å²) in [4.78, 5) is 28.7. The lowest BCUT2D eigenvalue weighted by molar-refractivity contribution is 0.0970. The molecule has 1 amide bonds. The van der Waals surface area contributed by atoms with E-state index >= 15 is 0 Å². The molecule has 32 heavy (non-hydrogen) atoms. The Balaban J connectivity index is 1.76. The van der Waals surface area contributed by atoms with Crippen LogP contribution in [0.3, 0.4) is 0 Å². The van der Waals surface area contributed by atoms with Gasteiger partial charge in [-0.25, -0.2) is 0 Å². The molecule has 4 aromatic rings. The summed E-state index contributed by atoms with van der Waals surface area (Å²) in [5.74, 6) is 0.323. The molecular weight excluding hydrogens is 426 g/mol. The zero-order chi connectivity index (χ0) is 22.4. The van der Waals surface area contributed by atoms with E-state index in [0.717, 1.165) is 22.6 Å². The molecule has 0 fully saturated rings. The zero-order valence-electron chi connectivity index (χ0n) is 17.9. The molecule has 2 aromatic carbocycles. The van der Waals surface area contributed by atoms with Crippen molar-refractivity contribution in [2.45, 2.75) is 33.2 Å². The molecule has 0 N–H and O–H groups in total. The van der Waals surface area contributed by atoms with Crippen molar-refractivity contribution in [2.24, 2.45) is 0 Å². The molecule has 0 saturated heterocycles. The van der Waals surface area contributed by atoms with Gasteiger partial charge in [-0.05, 0) is 50.1 Å². The third-order valence-corrected chi connectivity index (χ3v) is 6.23. The molecule has 7 nitrogen and oxygen atoms in total. The number of carbonyl (C=O) groups excluding carboxylic acids is 1. The van der Waals surface area contributed by atoms with E-state index in [-0.39, 0.29) is 11.2 Å². The number of nitrogens with zero attached hydrogens (tertiary/aromatic N) is 3. The first-order valence-corrected chi connectivity index (χ1v) is 11.2. The standard InChI is InChI=1S/C24H21N3O4S/c1-4-10-30-16-7-5-6-15(12-16)20-19-21(28)17-11-13(2)8-9-18(17)31-22(19)23(29)27(20)24-26-25-14(3)32-24/h5-9,11-12,20H,4,10H2,1-3H3. The number of aromatic nitrogens is 2. The molecule has 5 rings (SSSR count). The first-order valence-electron chi connectivity index (χ1n) is 10.4. The second-order valence-electron chi connectivity index (χ2n) is 7.78. The summed E-state index contributed by atoms with van der Waals surface area (Å²) < 4.78 is 11.8. The molecule has 0 radical (unpaired) electrons. The van der Waals surface area contributed by atoms with Crippen molar-refractivity contribution in [3.8, 4) is 5.75 Å². The second-order valence-corrected chi connectivity index (χ2v) is 8.94. The molecule has 0 aliphatic carbocycles. The number of benzene rings is 2. The van der Waals surface area contributed by atoms with E-state index in [9.17, 15) is 9.59 Å². The summed E-state index contributed by atoms with van der Waals surface area (Å²) in [7, 11) is 0. The van der Waals surface area contributed by atoms with Crippen molar-refractivity contribution in [3.63, 3.8) is 0 Å². The van der Waals surface area contributed by atoms with E-state index in [0.29, 0.717) is 34.0 Å². The third-order valence-electron chi connectivity index (χ3n) is 5.39. The van der Waals surface area contributed by atoms with Gasteiger partial charge in [-0.3, -0.25) is 14.5 Å². The van der Waals surface area contributed by atoms with Crippen LogP contribution < -0.4 is 15.1 Å². The predicted octanol–water partition coefficient (Wildman–Crippen LogP) is 4.80. The molecule has 8 heteroatoms. The van der Waals surface area contributed by atoms with Gasteiger partial charge in [0.2, 0.25) is 10.9 Å². The molecule has 1 unspecified atom stereocenters. The lowest BCUT2D eigenvalue weighted by Crippen LogP contribution is -2.29. The monoisotopic (exact) mass is 447 g/mol. The van der Waals surface area contributed by atoms with Gasteiger partial charge >= 0.3 is 0 Å². The summed E-state index contributed by atoms with van der Waals surface area (Å²) >= 11 is 1.30. The van der Waals surface area contributed by atoms with Crippen LogP contribution in [0.1, 0.15) is 51.6 Å². The fraction of sp³-hybridized carbons (Fsp3) is 0.250. The highest BCUT2D eigenvalue weighted by Gasteiger charge is 2.45. The highest BCUT2D eigenvalue weighted by Crippen LogP contribution is 2.42. The van der Waals surface area contributed by atoms with Gasteiger partial charge in [0.05, 0.1) is 23.6 Å². The maximum atomic E-state index is 13.6. The number of ether oxygens (including phenoxy) is 1. The number of aryl methyl sites for hydroxylation is 2. The molecule has 0 spiro atoms. The summed E-state index contributed by atoms with van der Waals surface area (Å²) in [6, 6.07) is 12.2. The van der Waals surface area contributed by atoms with Crippen LogP contribution in [-0.4, -0.2) is 22.7 Å². The summed E-state index contributed by atoms with van der Waals surface area (Å²) in [6.45, 7) is 6.35. The Morgan fingerprint density at radius 1 is 1.12 bits per heavy atom. The lowest BCUT2D eigenvalue weighted by Gasteiger charge is -2.22. The average molecular weight is 448 g/mol. The van der Waals surface area contributed by atoms with Crippen LogP contribution in [0.25, 0.3) is 11.0 Å². The fourth-order valence-corrected chi connectivity index (χ4v) is 4.69. The number of hydrogen-bond acceptors (Lipinski definition) is 7. The van der Waals surface area contributed by atoms with Gasteiger partial charge in [-0.2, -0.15) is 0 Å². The first kappa shape index (κ1) is 20.4. The van der Waals surface area contributed by atoms with Crippen LogP contribution in [0, 0.1) is 13.8 Å². The summed E-state index contributed by atoms with van der Waals surface area (Å²) in [6.07, 6.45) is 0.875. The quantitative estimate of drug-likeness (QED) is 0.437. The van der Waals surface area contributed by atoms with Crippen LogP contribution in [0.2, 0.25) is 0 Å². The van der Waals surface area contributed by atoms with Crippen LogP contribution >= 0.6 is 11.3 Å². The van der Waals surface area contributed by atoms with Crippen molar-refractivity contribution in [1.29, 1.82) is 0 Å². The number of amides is 1. The Hall–Kier alpha value is -3.52. The number of hydrogen-bond donors (Lipinski definition) is 0. The molecule has 0 saturated carbocycles. The van der Waals surface area contributed by atoms with Crippen LogP contribution in [0.5, 0.6) is 5.75 Å². The van der Waals surface area contributed by atoms with E-state index in [4.69, 9.17) is 9.15 Å². The van der Waals surface area contributed by atoms with Gasteiger partial charge in [0, 0.05) is 0 Å². The minimum atomic E-state index is -0.684. The average Bonchev–Trinajstić information content (AvgIpc) is 3.34. The molecule has 3 heterocycles. The fourth-order valence-electron chi connectivity index (χ4n) is 3.98. The summed E-state index contributed by atoms with van der Waals surface area (Å²) in [5, 5.41) is 9.86. The highest BCUT2D eigenvalue weighted by atomic mass is 32.1. The smallest absolute Gasteiger partial charge is 0.297 e. The van der Waals surface area contributed by atoms with Gasteiger partial charge in [0.15, 0.2) is 5.43 Å². The Morgan fingerprint density at radius 3 is 2.72 bits per heavy atom.